The second-order valence-electron chi connectivity index (χ2n) is 16.2. The highest BCUT2D eigenvalue weighted by Gasteiger charge is 2.53. The van der Waals surface area contributed by atoms with Gasteiger partial charge in [0.25, 0.3) is 11.8 Å². The lowest BCUT2D eigenvalue weighted by Gasteiger charge is -2.31. The van der Waals surface area contributed by atoms with Crippen molar-refractivity contribution in [3.8, 4) is 0 Å². The van der Waals surface area contributed by atoms with Crippen LogP contribution in [0, 0.1) is 6.92 Å². The molecule has 2 unspecified atom stereocenters. The van der Waals surface area contributed by atoms with Gasteiger partial charge < -0.3 is 41.7 Å². The summed E-state index contributed by atoms with van der Waals surface area (Å²) >= 11 is 0. The molecule has 2 atom stereocenters. The third-order valence-electron chi connectivity index (χ3n) is 10.3. The SMILES string of the molecule is CC1=CC(CCC(=O)NC(CS(=O)(=O)[O-])C(=O)CCC[NH+](C)CCCCCC(=O)ON2C(=O)CCC2=O)=[N+]2C1=Cc1c(CCC[N+](C)(C)C)cc(C)n1[B-]2(F)F. The van der Waals surface area contributed by atoms with E-state index in [1.54, 1.807) is 26.0 Å². The number of carbonyl (C=O) groups excluding carboxylic acids is 5. The minimum absolute atomic E-state index is 0.0243. The van der Waals surface area contributed by atoms with Crippen LogP contribution in [0.2, 0.25) is 0 Å². The zero-order valence-corrected chi connectivity index (χ0v) is 34.1. The minimum atomic E-state index is -4.89. The number of allylic oxidation sites excluding steroid dienone is 2. The molecule has 56 heavy (non-hydrogen) atoms. The predicted molar refractivity (Wildman–Crippen MR) is 203 cm³/mol. The number of aromatic nitrogens is 1. The molecule has 0 radical (unpaired) electrons. The Morgan fingerprint density at radius 3 is 2.29 bits per heavy atom. The lowest BCUT2D eigenvalue weighted by Crippen LogP contribution is -3.09. The number of imide groups is 1. The molecule has 3 amide bonds. The van der Waals surface area contributed by atoms with Crippen molar-refractivity contribution in [2.24, 2.45) is 0 Å². The summed E-state index contributed by atoms with van der Waals surface area (Å²) in [6.07, 6.45) is 6.71. The largest absolute Gasteiger partial charge is 0.748 e. The van der Waals surface area contributed by atoms with Crippen LogP contribution in [0.3, 0.4) is 0 Å². The molecule has 3 aliphatic rings. The predicted octanol–water partition coefficient (Wildman–Crippen LogP) is 1.27. The number of Topliss-reactive ketones (excluding diaryl/α,β-unsaturated/α-hetero) is 1. The van der Waals surface area contributed by atoms with Crippen molar-refractivity contribution in [2.45, 2.75) is 96.9 Å². The number of hydroxylamine groups is 2. The number of quaternary nitrogens is 2. The van der Waals surface area contributed by atoms with Gasteiger partial charge in [-0.3, -0.25) is 19.2 Å². The first kappa shape index (κ1) is 44.6. The molecule has 310 valence electrons. The number of carbonyl (C=O) groups is 5. The molecule has 1 aromatic heterocycles. The Bertz CT molecular complexity index is 1900. The number of halogens is 2. The van der Waals surface area contributed by atoms with Gasteiger partial charge >= 0.3 is 12.9 Å². The van der Waals surface area contributed by atoms with Crippen molar-refractivity contribution in [3.05, 3.63) is 40.4 Å². The quantitative estimate of drug-likeness (QED) is 0.0574. The van der Waals surface area contributed by atoms with Gasteiger partial charge in [0, 0.05) is 74.8 Å². The van der Waals surface area contributed by atoms with Crippen LogP contribution in [-0.4, -0.2) is 133 Å². The molecule has 1 saturated heterocycles. The maximum atomic E-state index is 16.3. The van der Waals surface area contributed by atoms with Crippen molar-refractivity contribution < 1.29 is 64.3 Å². The van der Waals surface area contributed by atoms with Crippen LogP contribution in [0.1, 0.15) is 94.5 Å². The second kappa shape index (κ2) is 18.5. The Morgan fingerprint density at radius 2 is 1.64 bits per heavy atom. The van der Waals surface area contributed by atoms with Crippen LogP contribution in [0.5, 0.6) is 0 Å². The molecule has 4 rings (SSSR count). The lowest BCUT2D eigenvalue weighted by molar-refractivity contribution is -0.880. The number of nitrogens with one attached hydrogen (secondary N) is 2. The zero-order valence-electron chi connectivity index (χ0n) is 33.3. The topological polar surface area (TPSA) is 179 Å². The van der Waals surface area contributed by atoms with Crippen LogP contribution in [0.15, 0.2) is 23.4 Å². The number of unbranched alkanes of at least 4 members (excludes halogenated alkanes) is 2. The molecule has 0 aromatic carbocycles. The first-order valence-electron chi connectivity index (χ1n) is 19.3. The summed E-state index contributed by atoms with van der Waals surface area (Å²) in [6.45, 7) is 1.22. The normalized spacial score (nSPS) is 17.7. The molecular weight excluding hydrogens is 753 g/mol. The summed E-state index contributed by atoms with van der Waals surface area (Å²) in [5, 5.41) is 2.89. The summed E-state index contributed by atoms with van der Waals surface area (Å²) in [4.78, 5) is 67.1. The average Bonchev–Trinajstić information content (AvgIpc) is 3.70. The van der Waals surface area contributed by atoms with Gasteiger partial charge in [0.2, 0.25) is 5.91 Å². The number of aryl methyl sites for hydroxylation is 2. The summed E-state index contributed by atoms with van der Waals surface area (Å²) in [6, 6.07) is 0.239. The van der Waals surface area contributed by atoms with E-state index in [0.717, 1.165) is 43.3 Å². The van der Waals surface area contributed by atoms with Crippen molar-refractivity contribution >= 4 is 58.3 Å². The van der Waals surface area contributed by atoms with E-state index in [-0.39, 0.29) is 44.2 Å². The van der Waals surface area contributed by atoms with Crippen LogP contribution in [0.25, 0.3) is 6.08 Å². The highest BCUT2D eigenvalue weighted by atomic mass is 32.2. The van der Waals surface area contributed by atoms with Crippen LogP contribution < -0.4 is 10.2 Å². The molecule has 0 saturated carbocycles. The molecule has 15 nitrogen and oxygen atoms in total. The fraction of sp³-hybridized carbons (Fsp3) is 0.622. The first-order chi connectivity index (χ1) is 26.1. The van der Waals surface area contributed by atoms with Gasteiger partial charge in [-0.05, 0) is 56.9 Å². The van der Waals surface area contributed by atoms with E-state index in [1.165, 1.54) is 0 Å². The molecule has 2 N–H and O–H groups in total. The Morgan fingerprint density at radius 1 is 0.982 bits per heavy atom. The fourth-order valence-corrected chi connectivity index (χ4v) is 8.13. The highest BCUT2D eigenvalue weighted by molar-refractivity contribution is 7.85. The Balaban J connectivity index is 1.27. The van der Waals surface area contributed by atoms with Gasteiger partial charge in [0.1, 0.15) is 11.8 Å². The standard InChI is InChI=1S/C37H55BF2N6O9S/c1-26-22-29(44-31(26)24-32-28(12-11-21-46(4,5)6)23-27(2)43(32)38(44,39)40)15-16-34(48)41-30(25-56(52,53)54)33(47)13-10-20-42(3)19-9-7-8-14-37(51)55-45-35(49)17-18-36(45)50/h22-24,30H,7-21,25H2,1-6H3,(H-,41,48,52,53,54)/p+1. The molecule has 0 bridgehead atoms. The number of hydrogen-bond donors (Lipinski definition) is 2. The van der Waals surface area contributed by atoms with Gasteiger partial charge in [-0.2, -0.15) is 0 Å². The molecule has 0 aliphatic carbocycles. The second-order valence-corrected chi connectivity index (χ2v) is 17.7. The first-order valence-corrected chi connectivity index (χ1v) is 20.9. The number of hydrogen-bond acceptors (Lipinski definition) is 9. The van der Waals surface area contributed by atoms with Crippen molar-refractivity contribution in [3.63, 3.8) is 0 Å². The molecule has 1 fully saturated rings. The van der Waals surface area contributed by atoms with E-state index in [4.69, 9.17) is 4.84 Å². The Labute approximate surface area is 327 Å². The van der Waals surface area contributed by atoms with Crippen molar-refractivity contribution in [1.82, 2.24) is 14.9 Å². The summed E-state index contributed by atoms with van der Waals surface area (Å²) in [5.41, 5.74) is 2.97. The number of fused-ring (bicyclic) bond motifs is 2. The number of ketones is 1. The number of amides is 3. The monoisotopic (exact) mass is 809 g/mol. The smallest absolute Gasteiger partial charge is 0.737 e. The number of rotatable bonds is 22. The van der Waals surface area contributed by atoms with Gasteiger partial charge in [-0.25, -0.2) is 13.2 Å². The molecule has 19 heteroatoms. The third-order valence-corrected chi connectivity index (χ3v) is 11.0. The zero-order chi connectivity index (χ0) is 41.6. The average molecular weight is 810 g/mol. The Kier molecular flexibility index (Phi) is 14.7. The lowest BCUT2D eigenvalue weighted by atomic mass is 9.89. The molecule has 4 heterocycles. The molecule has 1 aromatic rings. The summed E-state index contributed by atoms with van der Waals surface area (Å²) in [7, 11) is 3.26. The summed E-state index contributed by atoms with van der Waals surface area (Å²) in [5.74, 6) is -4.20. The van der Waals surface area contributed by atoms with Crippen molar-refractivity contribution in [2.75, 3.05) is 53.6 Å². The van der Waals surface area contributed by atoms with E-state index >= 15 is 8.63 Å². The summed E-state index contributed by atoms with van der Waals surface area (Å²) < 4.78 is 70.5. The third kappa shape index (κ3) is 12.0. The minimum Gasteiger partial charge on any atom is -0.748 e. The van der Waals surface area contributed by atoms with Crippen LogP contribution in [-0.2, 0) is 45.3 Å². The Hall–Kier alpha value is -4.07. The van der Waals surface area contributed by atoms with E-state index in [1.807, 2.05) is 13.1 Å². The molecular formula is C37H56BF2N6O9S+. The molecule has 3 aliphatic heterocycles. The van der Waals surface area contributed by atoms with Crippen LogP contribution >= 0.6 is 0 Å². The van der Waals surface area contributed by atoms with Gasteiger partial charge in [0.15, 0.2) is 11.5 Å². The van der Waals surface area contributed by atoms with Crippen LogP contribution in [0.4, 0.5) is 8.63 Å². The van der Waals surface area contributed by atoms with E-state index < -0.39 is 58.4 Å². The van der Waals surface area contributed by atoms with Gasteiger partial charge in [-0.1, -0.05) is 0 Å². The van der Waals surface area contributed by atoms with E-state index in [9.17, 15) is 36.9 Å². The maximum Gasteiger partial charge on any atom is 0.737 e. The van der Waals surface area contributed by atoms with Gasteiger partial charge in [0.05, 0.1) is 63.7 Å². The molecule has 0 spiro atoms. The maximum absolute atomic E-state index is 16.3. The van der Waals surface area contributed by atoms with Crippen molar-refractivity contribution in [1.29, 1.82) is 0 Å². The fourth-order valence-electron chi connectivity index (χ4n) is 7.45. The highest BCUT2D eigenvalue weighted by Crippen LogP contribution is 2.37. The van der Waals surface area contributed by atoms with E-state index in [0.29, 0.717) is 66.5 Å². The van der Waals surface area contributed by atoms with Gasteiger partial charge in [-0.15, -0.1) is 5.06 Å². The number of nitrogens with zero attached hydrogens (tertiary/aromatic N) is 4. The van der Waals surface area contributed by atoms with E-state index in [2.05, 4.69) is 26.5 Å².